The molecule has 0 N–H and O–H groups in total. The Labute approximate surface area is 108 Å². The summed E-state index contributed by atoms with van der Waals surface area (Å²) in [6, 6.07) is 5.64. The van der Waals surface area contributed by atoms with Gasteiger partial charge in [-0.1, -0.05) is 38.3 Å². The molecule has 1 heterocycles. The molecule has 1 aliphatic heterocycles. The van der Waals surface area contributed by atoms with Gasteiger partial charge in [0.25, 0.3) is 11.7 Å². The van der Waals surface area contributed by atoms with Crippen LogP contribution in [0.2, 0.25) is 0 Å². The molecule has 1 aromatic rings. The molecule has 1 aliphatic rings. The number of benzene rings is 1. The fourth-order valence-electron chi connectivity index (χ4n) is 2.40. The van der Waals surface area contributed by atoms with Crippen LogP contribution in [0.4, 0.5) is 5.69 Å². The molecular formula is C15H19NO2. The summed E-state index contributed by atoms with van der Waals surface area (Å²) in [4.78, 5) is 25.6. The zero-order valence-electron chi connectivity index (χ0n) is 11.2. The smallest absolute Gasteiger partial charge is 0.299 e. The molecule has 2 rings (SSSR count). The van der Waals surface area contributed by atoms with Gasteiger partial charge in [-0.25, -0.2) is 0 Å². The van der Waals surface area contributed by atoms with Gasteiger partial charge in [-0.15, -0.1) is 0 Å². The number of carbonyl (C=O) groups excluding carboxylic acids is 2. The summed E-state index contributed by atoms with van der Waals surface area (Å²) in [6.45, 7) is 6.81. The standard InChI is InChI=1S/C15H19NO2/c1-4-11(5-2)9-16-13-7-6-10(3)8-12(13)14(17)15(16)18/h6-8,11H,4-5,9H2,1-3H3. The number of amides is 1. The van der Waals surface area contributed by atoms with Gasteiger partial charge in [0.05, 0.1) is 11.3 Å². The first-order chi connectivity index (χ1) is 8.58. The molecule has 0 saturated heterocycles. The van der Waals surface area contributed by atoms with Crippen molar-refractivity contribution in [3.05, 3.63) is 29.3 Å². The van der Waals surface area contributed by atoms with E-state index in [9.17, 15) is 9.59 Å². The van der Waals surface area contributed by atoms with Crippen molar-refractivity contribution >= 4 is 17.4 Å². The van der Waals surface area contributed by atoms with Gasteiger partial charge in [0.1, 0.15) is 0 Å². The second kappa shape index (κ2) is 4.92. The van der Waals surface area contributed by atoms with Crippen LogP contribution in [0.15, 0.2) is 18.2 Å². The highest BCUT2D eigenvalue weighted by Crippen LogP contribution is 2.31. The molecule has 0 saturated carbocycles. The number of fused-ring (bicyclic) bond motifs is 1. The lowest BCUT2D eigenvalue weighted by Gasteiger charge is -2.22. The highest BCUT2D eigenvalue weighted by Gasteiger charge is 2.36. The average molecular weight is 245 g/mol. The van der Waals surface area contributed by atoms with Crippen LogP contribution >= 0.6 is 0 Å². The predicted octanol–water partition coefficient (Wildman–Crippen LogP) is 2.96. The van der Waals surface area contributed by atoms with Gasteiger partial charge < -0.3 is 4.90 Å². The molecule has 0 bridgehead atoms. The summed E-state index contributed by atoms with van der Waals surface area (Å²) in [5.41, 5.74) is 2.35. The third-order valence-electron chi connectivity index (χ3n) is 3.72. The molecule has 0 atom stereocenters. The second-order valence-electron chi connectivity index (χ2n) is 4.95. The van der Waals surface area contributed by atoms with Crippen molar-refractivity contribution in [2.45, 2.75) is 33.6 Å². The number of nitrogens with zero attached hydrogens (tertiary/aromatic N) is 1. The first-order valence-electron chi connectivity index (χ1n) is 6.55. The Hall–Kier alpha value is -1.64. The number of ketones is 1. The highest BCUT2D eigenvalue weighted by molar-refractivity contribution is 6.52. The summed E-state index contributed by atoms with van der Waals surface area (Å²) in [5, 5.41) is 0. The van der Waals surface area contributed by atoms with Crippen molar-refractivity contribution in [2.75, 3.05) is 11.4 Å². The van der Waals surface area contributed by atoms with Gasteiger partial charge in [0.15, 0.2) is 0 Å². The molecule has 1 amide bonds. The highest BCUT2D eigenvalue weighted by atomic mass is 16.2. The van der Waals surface area contributed by atoms with E-state index in [0.717, 1.165) is 24.1 Å². The SMILES string of the molecule is CCC(CC)CN1C(=O)C(=O)c2cc(C)ccc21. The zero-order valence-corrected chi connectivity index (χ0v) is 11.2. The lowest BCUT2D eigenvalue weighted by atomic mass is 10.0. The van der Waals surface area contributed by atoms with Gasteiger partial charge in [-0.05, 0) is 25.0 Å². The van der Waals surface area contributed by atoms with Crippen LogP contribution in [-0.2, 0) is 4.79 Å². The van der Waals surface area contributed by atoms with E-state index in [1.54, 1.807) is 4.90 Å². The molecule has 0 aromatic heterocycles. The zero-order chi connectivity index (χ0) is 13.3. The molecule has 96 valence electrons. The maximum atomic E-state index is 12.0. The number of Topliss-reactive ketones (excluding diaryl/α,β-unsaturated/α-hetero) is 1. The molecule has 1 aromatic carbocycles. The summed E-state index contributed by atoms with van der Waals surface area (Å²) < 4.78 is 0. The summed E-state index contributed by atoms with van der Waals surface area (Å²) in [7, 11) is 0. The van der Waals surface area contributed by atoms with Crippen LogP contribution in [-0.4, -0.2) is 18.2 Å². The van der Waals surface area contributed by atoms with Crippen molar-refractivity contribution in [3.8, 4) is 0 Å². The Kier molecular flexibility index (Phi) is 3.50. The van der Waals surface area contributed by atoms with Crippen LogP contribution in [0.25, 0.3) is 0 Å². The third kappa shape index (κ3) is 2.05. The number of anilines is 1. The van der Waals surface area contributed by atoms with Crippen LogP contribution in [0.3, 0.4) is 0 Å². The number of rotatable bonds is 4. The molecule has 0 aliphatic carbocycles. The topological polar surface area (TPSA) is 37.4 Å². The molecule has 3 heteroatoms. The summed E-state index contributed by atoms with van der Waals surface area (Å²) >= 11 is 0. The number of aryl methyl sites for hydroxylation is 1. The van der Waals surface area contributed by atoms with Crippen molar-refractivity contribution in [1.82, 2.24) is 0 Å². The lowest BCUT2D eigenvalue weighted by Crippen LogP contribution is -2.34. The molecule has 18 heavy (non-hydrogen) atoms. The van der Waals surface area contributed by atoms with E-state index in [1.807, 2.05) is 25.1 Å². The minimum Gasteiger partial charge on any atom is -0.304 e. The third-order valence-corrected chi connectivity index (χ3v) is 3.72. The van der Waals surface area contributed by atoms with Crippen LogP contribution < -0.4 is 4.90 Å². The number of carbonyl (C=O) groups is 2. The Balaban J connectivity index is 2.34. The van der Waals surface area contributed by atoms with Gasteiger partial charge in [-0.2, -0.15) is 0 Å². The van der Waals surface area contributed by atoms with E-state index in [4.69, 9.17) is 0 Å². The Morgan fingerprint density at radius 2 is 1.83 bits per heavy atom. The summed E-state index contributed by atoms with van der Waals surface area (Å²) in [5.74, 6) is -0.281. The quantitative estimate of drug-likeness (QED) is 0.765. The van der Waals surface area contributed by atoms with E-state index in [0.29, 0.717) is 18.0 Å². The van der Waals surface area contributed by atoms with Crippen molar-refractivity contribution in [1.29, 1.82) is 0 Å². The minimum atomic E-state index is -0.373. The average Bonchev–Trinajstić information content (AvgIpc) is 2.60. The van der Waals surface area contributed by atoms with E-state index in [2.05, 4.69) is 13.8 Å². The lowest BCUT2D eigenvalue weighted by molar-refractivity contribution is -0.114. The van der Waals surface area contributed by atoms with Crippen LogP contribution in [0.5, 0.6) is 0 Å². The van der Waals surface area contributed by atoms with E-state index >= 15 is 0 Å². The van der Waals surface area contributed by atoms with Crippen molar-refractivity contribution in [3.63, 3.8) is 0 Å². The molecule has 0 spiro atoms. The van der Waals surface area contributed by atoms with E-state index in [1.165, 1.54) is 0 Å². The fourth-order valence-corrected chi connectivity index (χ4v) is 2.40. The van der Waals surface area contributed by atoms with Crippen molar-refractivity contribution < 1.29 is 9.59 Å². The molecule has 0 unspecified atom stereocenters. The van der Waals surface area contributed by atoms with Gasteiger partial charge in [0, 0.05) is 6.54 Å². The first kappa shape index (κ1) is 12.8. The Bertz CT molecular complexity index is 489. The first-order valence-corrected chi connectivity index (χ1v) is 6.55. The Morgan fingerprint density at radius 1 is 1.17 bits per heavy atom. The number of hydrogen-bond acceptors (Lipinski definition) is 2. The molecule has 0 fully saturated rings. The van der Waals surface area contributed by atoms with Crippen LogP contribution in [0, 0.1) is 12.8 Å². The summed E-state index contributed by atoms with van der Waals surface area (Å²) in [6.07, 6.45) is 2.05. The minimum absolute atomic E-state index is 0.361. The Morgan fingerprint density at radius 3 is 2.44 bits per heavy atom. The molecule has 3 nitrogen and oxygen atoms in total. The predicted molar refractivity (Wildman–Crippen MR) is 71.9 cm³/mol. The number of hydrogen-bond donors (Lipinski definition) is 0. The van der Waals surface area contributed by atoms with Gasteiger partial charge >= 0.3 is 0 Å². The van der Waals surface area contributed by atoms with Crippen molar-refractivity contribution in [2.24, 2.45) is 5.92 Å². The maximum absolute atomic E-state index is 12.0. The monoisotopic (exact) mass is 245 g/mol. The van der Waals surface area contributed by atoms with Gasteiger partial charge in [0.2, 0.25) is 0 Å². The van der Waals surface area contributed by atoms with Crippen LogP contribution in [0.1, 0.15) is 42.6 Å². The van der Waals surface area contributed by atoms with E-state index in [-0.39, 0.29) is 11.7 Å². The van der Waals surface area contributed by atoms with Gasteiger partial charge in [-0.3, -0.25) is 9.59 Å². The fraction of sp³-hybridized carbons (Fsp3) is 0.467. The normalized spacial score (nSPS) is 14.6. The molecule has 0 radical (unpaired) electrons. The second-order valence-corrected chi connectivity index (χ2v) is 4.95. The van der Waals surface area contributed by atoms with E-state index < -0.39 is 0 Å². The maximum Gasteiger partial charge on any atom is 0.299 e. The molecular weight excluding hydrogens is 226 g/mol. The largest absolute Gasteiger partial charge is 0.304 e.